The van der Waals surface area contributed by atoms with Gasteiger partial charge < -0.3 is 5.11 Å². The second kappa shape index (κ2) is 8.80. The van der Waals surface area contributed by atoms with E-state index in [0.29, 0.717) is 0 Å². The number of carbonyl (C=O) groups is 2. The van der Waals surface area contributed by atoms with Gasteiger partial charge >= 0.3 is 25.4 Å². The third kappa shape index (κ3) is 8.08. The van der Waals surface area contributed by atoms with Gasteiger partial charge in [-0.25, -0.2) is 0 Å². The summed E-state index contributed by atoms with van der Waals surface area (Å²) in [5.41, 5.74) is 2.34. The molecule has 0 radical (unpaired) electrons. The Labute approximate surface area is 139 Å². The van der Waals surface area contributed by atoms with Gasteiger partial charge in [0.15, 0.2) is 0 Å². The largest absolute Gasteiger partial charge is 0.384 e. The van der Waals surface area contributed by atoms with Crippen molar-refractivity contribution in [2.24, 2.45) is 0 Å². The summed E-state index contributed by atoms with van der Waals surface area (Å²) in [6.45, 7) is 5.83. The molecule has 0 aliphatic rings. The van der Waals surface area contributed by atoms with Crippen LogP contribution in [0.25, 0.3) is 5.57 Å². The Morgan fingerprint density at radius 3 is 1.79 bits per heavy atom. The molecule has 11 heteroatoms. The summed E-state index contributed by atoms with van der Waals surface area (Å²) < 4.78 is 56.7. The molecular weight excluding hydrogens is 364 g/mol. The van der Waals surface area contributed by atoms with Gasteiger partial charge in [-0.3, -0.25) is 18.7 Å². The molecule has 0 heterocycles. The Morgan fingerprint density at radius 2 is 1.50 bits per heavy atom. The Bertz CT molecular complexity index is 808. The fraction of sp³-hybridized carbons (Fsp3) is 0.231. The van der Waals surface area contributed by atoms with E-state index < -0.39 is 43.0 Å². The number of hydrogen-bond acceptors (Lipinski definition) is 7. The highest BCUT2D eigenvalue weighted by Gasteiger charge is 2.32. The van der Waals surface area contributed by atoms with E-state index in [-0.39, 0.29) is 0 Å². The zero-order valence-electron chi connectivity index (χ0n) is 12.5. The van der Waals surface area contributed by atoms with E-state index in [4.69, 9.17) is 14.2 Å². The van der Waals surface area contributed by atoms with E-state index in [0.717, 1.165) is 5.57 Å². The average Bonchev–Trinajstić information content (AvgIpc) is 2.46. The number of rotatable bonds is 4. The minimum absolute atomic E-state index is 1.12. The lowest BCUT2D eigenvalue weighted by Crippen LogP contribution is -2.32. The maximum absolute atomic E-state index is 10.5. The van der Waals surface area contributed by atoms with E-state index in [2.05, 4.69) is 18.7 Å². The highest BCUT2D eigenvalue weighted by molar-refractivity contribution is 8.01. The zero-order chi connectivity index (χ0) is 19.1. The number of benzene rings is 1. The van der Waals surface area contributed by atoms with Gasteiger partial charge in [0.25, 0.3) is 5.12 Å². The number of carbonyl (C=O) groups excluding carboxylic acids is 2. The first-order valence-electron chi connectivity index (χ1n) is 6.17. The van der Waals surface area contributed by atoms with Crippen molar-refractivity contribution in [2.75, 3.05) is 0 Å². The molecule has 3 N–H and O–H groups in total. The smallest absolute Gasteiger partial charge is 0.331 e. The van der Waals surface area contributed by atoms with Gasteiger partial charge in [-0.05, 0) is 12.5 Å². The average molecular weight is 380 g/mol. The molecule has 1 rings (SSSR count). The summed E-state index contributed by atoms with van der Waals surface area (Å²) >= 11 is 0. The molecule has 134 valence electrons. The number of aliphatic hydroxyl groups is 1. The van der Waals surface area contributed by atoms with Crippen LogP contribution in [0, 0.1) is 0 Å². The van der Waals surface area contributed by atoms with Crippen LogP contribution in [0.3, 0.4) is 0 Å². The number of hydrogen-bond donors (Lipinski definition) is 3. The first-order chi connectivity index (χ1) is 10.8. The van der Waals surface area contributed by atoms with Gasteiger partial charge in [0.05, 0.1) is 6.42 Å². The van der Waals surface area contributed by atoms with E-state index in [1.807, 2.05) is 25.1 Å². The Hall–Kier alpha value is -1.92. The van der Waals surface area contributed by atoms with Gasteiger partial charge in [0, 0.05) is 0 Å². The second-order valence-corrected chi connectivity index (χ2v) is 7.27. The lowest BCUT2D eigenvalue weighted by Gasteiger charge is -2.04. The van der Waals surface area contributed by atoms with Crippen LogP contribution in [0.5, 0.6) is 0 Å². The van der Waals surface area contributed by atoms with Crippen LogP contribution in [0.15, 0.2) is 36.9 Å². The molecule has 0 saturated carbocycles. The van der Waals surface area contributed by atoms with Crippen molar-refractivity contribution >= 4 is 36.0 Å². The molecular formula is C13H16O9S2. The first kappa shape index (κ1) is 22.1. The van der Waals surface area contributed by atoms with Crippen LogP contribution < -0.4 is 0 Å². The van der Waals surface area contributed by atoms with E-state index >= 15 is 0 Å². The van der Waals surface area contributed by atoms with Gasteiger partial charge in [0.1, 0.15) is 6.10 Å². The molecule has 1 aromatic rings. The van der Waals surface area contributed by atoms with Crippen molar-refractivity contribution in [3.05, 3.63) is 42.5 Å². The van der Waals surface area contributed by atoms with E-state index in [1.165, 1.54) is 5.56 Å². The molecule has 0 fully saturated rings. The maximum atomic E-state index is 10.5. The Morgan fingerprint density at radius 1 is 1.04 bits per heavy atom. The normalized spacial score (nSPS) is 12.5. The predicted octanol–water partition coefficient (Wildman–Crippen LogP) is 0.286. The molecule has 9 nitrogen and oxygen atoms in total. The van der Waals surface area contributed by atoms with Crippen molar-refractivity contribution in [3.8, 4) is 0 Å². The zero-order valence-corrected chi connectivity index (χ0v) is 14.1. The maximum Gasteiger partial charge on any atom is 0.331 e. The summed E-state index contributed by atoms with van der Waals surface area (Å²) in [6.07, 6.45) is -4.01. The predicted molar refractivity (Wildman–Crippen MR) is 84.9 cm³/mol. The first-order valence-corrected chi connectivity index (χ1v) is 9.05. The highest BCUT2D eigenvalue weighted by Crippen LogP contribution is 2.08. The Balaban J connectivity index is 0.000000496. The van der Waals surface area contributed by atoms with Gasteiger partial charge in [-0.15, -0.1) is 0 Å². The molecule has 0 aliphatic heterocycles. The summed E-state index contributed by atoms with van der Waals surface area (Å²) in [5, 5.41) is 4.64. The molecule has 0 aromatic heterocycles. The topological polar surface area (TPSA) is 163 Å². The van der Waals surface area contributed by atoms with Crippen LogP contribution in [-0.4, -0.2) is 47.4 Å². The van der Waals surface area contributed by atoms with E-state index in [9.17, 15) is 26.4 Å². The molecule has 1 atom stereocenters. The van der Waals surface area contributed by atoms with Crippen molar-refractivity contribution in [2.45, 2.75) is 19.4 Å². The summed E-state index contributed by atoms with van der Waals surface area (Å²) in [4.78, 5) is 21.0. The molecule has 24 heavy (non-hydrogen) atoms. The third-order valence-corrected chi connectivity index (χ3v) is 3.96. The molecule has 0 aliphatic carbocycles. The number of aliphatic hydroxyl groups excluding tert-OH is 1. The molecule has 0 bridgehead atoms. The fourth-order valence-electron chi connectivity index (χ4n) is 1.24. The molecule has 1 aromatic carbocycles. The number of allylic oxidation sites excluding steroid dienone is 1. The third-order valence-electron chi connectivity index (χ3n) is 2.44. The van der Waals surface area contributed by atoms with Crippen molar-refractivity contribution in [1.29, 1.82) is 0 Å². The van der Waals surface area contributed by atoms with E-state index in [1.54, 1.807) is 0 Å². The molecule has 1 unspecified atom stereocenters. The van der Waals surface area contributed by atoms with Crippen LogP contribution in [0.4, 0.5) is 0 Å². The second-order valence-electron chi connectivity index (χ2n) is 4.51. The fourth-order valence-corrected chi connectivity index (χ4v) is 2.04. The minimum atomic E-state index is -5.21. The van der Waals surface area contributed by atoms with Crippen molar-refractivity contribution in [1.82, 2.24) is 0 Å². The summed E-state index contributed by atoms with van der Waals surface area (Å²) in [5.74, 6) is 0. The van der Waals surface area contributed by atoms with Gasteiger partial charge in [0.2, 0.25) is 0 Å². The van der Waals surface area contributed by atoms with Crippen LogP contribution in [-0.2, 0) is 29.8 Å². The van der Waals surface area contributed by atoms with Gasteiger partial charge in [-0.1, -0.05) is 42.5 Å². The van der Waals surface area contributed by atoms with Crippen LogP contribution in [0.1, 0.15) is 18.9 Å². The van der Waals surface area contributed by atoms with Gasteiger partial charge in [-0.2, -0.15) is 16.8 Å². The van der Waals surface area contributed by atoms with Crippen LogP contribution >= 0.6 is 0 Å². The molecule has 0 spiro atoms. The lowest BCUT2D eigenvalue weighted by molar-refractivity contribution is -0.124. The highest BCUT2D eigenvalue weighted by atomic mass is 32.2. The monoisotopic (exact) mass is 380 g/mol. The Kier molecular flexibility index (Phi) is 8.10. The lowest BCUT2D eigenvalue weighted by atomic mass is 10.1. The van der Waals surface area contributed by atoms with Crippen molar-refractivity contribution < 1.29 is 40.6 Å². The molecule has 0 amide bonds. The van der Waals surface area contributed by atoms with Crippen LogP contribution in [0.2, 0.25) is 0 Å². The molecule has 0 saturated heterocycles. The standard InChI is InChI=1S/C9H10.C4H6O9S2/c1-8(2)9-6-4-3-5-7-9;5-2(4(7)15(11,12)13)1-3(6)14(8,9)10/h3-7H,1H2,2H3;2,5H,1H2,(H,8,9,10)(H,11,12,13). The SMILES string of the molecule is C=C(C)c1ccccc1.O=C(CC(O)C(=O)S(=O)(=O)O)S(=O)(=O)O. The quantitative estimate of drug-likeness (QED) is 0.623. The van der Waals surface area contributed by atoms with Crippen molar-refractivity contribution in [3.63, 3.8) is 0 Å². The summed E-state index contributed by atoms with van der Waals surface area (Å²) in [7, 11) is -10.3. The minimum Gasteiger partial charge on any atom is -0.384 e. The summed E-state index contributed by atoms with van der Waals surface area (Å²) in [6, 6.07) is 10.2.